The van der Waals surface area contributed by atoms with Gasteiger partial charge in [-0.05, 0) is 50.6 Å². The van der Waals surface area contributed by atoms with Crippen LogP contribution in [0.2, 0.25) is 0 Å². The van der Waals surface area contributed by atoms with Gasteiger partial charge in [0.15, 0.2) is 0 Å². The van der Waals surface area contributed by atoms with Crippen molar-refractivity contribution in [2.24, 2.45) is 17.8 Å². The Morgan fingerprint density at radius 1 is 1.15 bits per heavy atom. The molecule has 0 bridgehead atoms. The highest BCUT2D eigenvalue weighted by molar-refractivity contribution is 4.75. The Morgan fingerprint density at radius 2 is 1.92 bits per heavy atom. The summed E-state index contributed by atoms with van der Waals surface area (Å²) in [6.45, 7) is 6.03. The number of rotatable bonds is 4. The molecule has 0 heterocycles. The van der Waals surface area contributed by atoms with Gasteiger partial charge < -0.3 is 5.32 Å². The van der Waals surface area contributed by atoms with Crippen LogP contribution in [-0.4, -0.2) is 13.6 Å². The van der Waals surface area contributed by atoms with E-state index in [1.807, 2.05) is 7.05 Å². The molecular formula is C12H25N. The second-order valence-electron chi connectivity index (χ2n) is 4.88. The van der Waals surface area contributed by atoms with E-state index in [-0.39, 0.29) is 0 Å². The molecule has 0 spiro atoms. The van der Waals surface area contributed by atoms with Gasteiger partial charge in [0, 0.05) is 0 Å². The maximum atomic E-state index is 3.23. The van der Waals surface area contributed by atoms with E-state index in [0.29, 0.717) is 0 Å². The van der Waals surface area contributed by atoms with Crippen LogP contribution in [0.1, 0.15) is 46.0 Å². The molecule has 0 radical (unpaired) electrons. The predicted molar refractivity (Wildman–Crippen MR) is 58.8 cm³/mol. The van der Waals surface area contributed by atoms with E-state index in [4.69, 9.17) is 0 Å². The third-order valence-corrected chi connectivity index (χ3v) is 3.75. The first-order valence-corrected chi connectivity index (χ1v) is 5.88. The van der Waals surface area contributed by atoms with E-state index < -0.39 is 0 Å². The summed E-state index contributed by atoms with van der Waals surface area (Å²) in [5.74, 6) is 2.97. The van der Waals surface area contributed by atoms with Crippen molar-refractivity contribution < 1.29 is 0 Å². The zero-order valence-corrected chi connectivity index (χ0v) is 9.47. The van der Waals surface area contributed by atoms with Crippen LogP contribution in [0.5, 0.6) is 0 Å². The number of hydrogen-bond donors (Lipinski definition) is 1. The van der Waals surface area contributed by atoms with Crippen molar-refractivity contribution in [1.29, 1.82) is 0 Å². The molecule has 0 aromatic rings. The molecule has 1 fully saturated rings. The van der Waals surface area contributed by atoms with E-state index in [0.717, 1.165) is 17.8 Å². The van der Waals surface area contributed by atoms with Gasteiger partial charge in [-0.2, -0.15) is 0 Å². The fourth-order valence-electron chi connectivity index (χ4n) is 2.49. The average molecular weight is 183 g/mol. The molecule has 1 N–H and O–H groups in total. The highest BCUT2D eigenvalue weighted by atomic mass is 14.8. The topological polar surface area (TPSA) is 12.0 Å². The summed E-state index contributed by atoms with van der Waals surface area (Å²) in [5.41, 5.74) is 0. The van der Waals surface area contributed by atoms with E-state index in [2.05, 4.69) is 19.2 Å². The summed E-state index contributed by atoms with van der Waals surface area (Å²) in [5, 5.41) is 3.23. The molecule has 0 aromatic heterocycles. The summed E-state index contributed by atoms with van der Waals surface area (Å²) < 4.78 is 0. The van der Waals surface area contributed by atoms with Gasteiger partial charge in [0.2, 0.25) is 0 Å². The summed E-state index contributed by atoms with van der Waals surface area (Å²) >= 11 is 0. The Hall–Kier alpha value is -0.0400. The van der Waals surface area contributed by atoms with Gasteiger partial charge in [-0.15, -0.1) is 0 Å². The van der Waals surface area contributed by atoms with Gasteiger partial charge in [0.05, 0.1) is 0 Å². The van der Waals surface area contributed by atoms with Crippen molar-refractivity contribution in [3.05, 3.63) is 0 Å². The molecule has 0 saturated heterocycles. The highest BCUT2D eigenvalue weighted by Gasteiger charge is 2.23. The fourth-order valence-corrected chi connectivity index (χ4v) is 2.49. The lowest BCUT2D eigenvalue weighted by Crippen LogP contribution is -2.21. The Bertz CT molecular complexity index is 133. The monoisotopic (exact) mass is 183 g/mol. The molecule has 1 saturated carbocycles. The first kappa shape index (κ1) is 11.0. The maximum absolute atomic E-state index is 3.23. The predicted octanol–water partition coefficient (Wildman–Crippen LogP) is 3.06. The molecule has 0 amide bonds. The van der Waals surface area contributed by atoms with Crippen LogP contribution in [0.25, 0.3) is 0 Å². The van der Waals surface area contributed by atoms with Crippen molar-refractivity contribution in [1.82, 2.24) is 5.32 Å². The largest absolute Gasteiger partial charge is 0.320 e. The zero-order chi connectivity index (χ0) is 9.68. The van der Waals surface area contributed by atoms with Crippen LogP contribution in [0.4, 0.5) is 0 Å². The van der Waals surface area contributed by atoms with Gasteiger partial charge >= 0.3 is 0 Å². The Morgan fingerprint density at radius 3 is 2.54 bits per heavy atom. The van der Waals surface area contributed by atoms with Crippen LogP contribution in [0, 0.1) is 17.8 Å². The average Bonchev–Trinajstić information content (AvgIpc) is 2.12. The molecule has 0 aromatic carbocycles. The number of hydrogen-bond acceptors (Lipinski definition) is 1. The highest BCUT2D eigenvalue weighted by Crippen LogP contribution is 2.35. The molecule has 1 rings (SSSR count). The lowest BCUT2D eigenvalue weighted by atomic mass is 9.74. The van der Waals surface area contributed by atoms with Crippen LogP contribution < -0.4 is 5.32 Å². The van der Waals surface area contributed by atoms with E-state index in [9.17, 15) is 0 Å². The van der Waals surface area contributed by atoms with Crippen LogP contribution in [-0.2, 0) is 0 Å². The van der Waals surface area contributed by atoms with Gasteiger partial charge in [-0.1, -0.05) is 26.7 Å². The van der Waals surface area contributed by atoms with E-state index in [1.165, 1.54) is 38.6 Å². The first-order chi connectivity index (χ1) is 6.24. The molecule has 1 nitrogen and oxygen atoms in total. The molecule has 3 atom stereocenters. The minimum atomic E-state index is 0.966. The second-order valence-corrected chi connectivity index (χ2v) is 4.88. The zero-order valence-electron chi connectivity index (χ0n) is 9.47. The summed E-state index contributed by atoms with van der Waals surface area (Å²) in [4.78, 5) is 0. The molecule has 1 heteroatoms. The lowest BCUT2D eigenvalue weighted by molar-refractivity contribution is 0.198. The quantitative estimate of drug-likeness (QED) is 0.661. The van der Waals surface area contributed by atoms with Crippen LogP contribution in [0.15, 0.2) is 0 Å². The smallest absolute Gasteiger partial charge is 0.00518 e. The summed E-state index contributed by atoms with van der Waals surface area (Å²) in [6.07, 6.45) is 7.23. The standard InChI is InChI=1S/C12H25N/c1-10-6-7-12(9-11(10)2)5-4-8-13-3/h10-13H,4-9H2,1-3H3. The summed E-state index contributed by atoms with van der Waals surface area (Å²) in [6, 6.07) is 0. The molecule has 1 aliphatic rings. The molecule has 0 aliphatic heterocycles. The van der Waals surface area contributed by atoms with Crippen molar-refractivity contribution >= 4 is 0 Å². The molecular weight excluding hydrogens is 158 g/mol. The van der Waals surface area contributed by atoms with Gasteiger partial charge in [-0.25, -0.2) is 0 Å². The molecule has 3 unspecified atom stereocenters. The van der Waals surface area contributed by atoms with Crippen LogP contribution in [0.3, 0.4) is 0 Å². The molecule has 78 valence electrons. The first-order valence-electron chi connectivity index (χ1n) is 5.88. The number of nitrogens with one attached hydrogen (secondary N) is 1. The van der Waals surface area contributed by atoms with E-state index >= 15 is 0 Å². The third kappa shape index (κ3) is 3.68. The lowest BCUT2D eigenvalue weighted by Gasteiger charge is -2.32. The van der Waals surface area contributed by atoms with Crippen LogP contribution >= 0.6 is 0 Å². The third-order valence-electron chi connectivity index (χ3n) is 3.75. The van der Waals surface area contributed by atoms with Crippen molar-refractivity contribution in [3.8, 4) is 0 Å². The van der Waals surface area contributed by atoms with Crippen molar-refractivity contribution in [3.63, 3.8) is 0 Å². The van der Waals surface area contributed by atoms with Crippen molar-refractivity contribution in [2.75, 3.05) is 13.6 Å². The minimum absolute atomic E-state index is 0.966. The fraction of sp³-hybridized carbons (Fsp3) is 1.00. The van der Waals surface area contributed by atoms with Gasteiger partial charge in [0.1, 0.15) is 0 Å². The Labute approximate surface area is 83.3 Å². The van der Waals surface area contributed by atoms with Gasteiger partial charge in [-0.3, -0.25) is 0 Å². The van der Waals surface area contributed by atoms with E-state index in [1.54, 1.807) is 0 Å². The SMILES string of the molecule is CNCCCC1CCC(C)C(C)C1. The molecule has 13 heavy (non-hydrogen) atoms. The summed E-state index contributed by atoms with van der Waals surface area (Å²) in [7, 11) is 2.05. The van der Waals surface area contributed by atoms with Crippen molar-refractivity contribution in [2.45, 2.75) is 46.0 Å². The van der Waals surface area contributed by atoms with Gasteiger partial charge in [0.25, 0.3) is 0 Å². The maximum Gasteiger partial charge on any atom is -0.00518 e. The normalized spacial score (nSPS) is 34.8. The second kappa shape index (κ2) is 5.64. The minimum Gasteiger partial charge on any atom is -0.320 e. The molecule has 1 aliphatic carbocycles. The Balaban J connectivity index is 2.14. The Kier molecular flexibility index (Phi) is 4.79.